The van der Waals surface area contributed by atoms with Gasteiger partial charge in [0.05, 0.1) is 24.6 Å². The van der Waals surface area contributed by atoms with Gasteiger partial charge in [0.2, 0.25) is 0 Å². The van der Waals surface area contributed by atoms with Crippen LogP contribution in [0.4, 0.5) is 16.2 Å². The second kappa shape index (κ2) is 8.53. The number of carbonyl (C=O) groups is 1. The van der Waals surface area contributed by atoms with E-state index in [1.807, 2.05) is 60.4 Å². The molecule has 0 aromatic heterocycles. The molecule has 2 aromatic carbocycles. The first-order chi connectivity index (χ1) is 12.3. The predicted octanol–water partition coefficient (Wildman–Crippen LogP) is 3.58. The van der Waals surface area contributed by atoms with E-state index in [4.69, 9.17) is 4.74 Å². The number of amides is 2. The van der Waals surface area contributed by atoms with Gasteiger partial charge in [0.15, 0.2) is 0 Å². The van der Waals surface area contributed by atoms with Gasteiger partial charge in [0.1, 0.15) is 0 Å². The lowest BCUT2D eigenvalue weighted by atomic mass is 10.2. The third-order valence-corrected chi connectivity index (χ3v) is 4.38. The summed E-state index contributed by atoms with van der Waals surface area (Å²) in [6.45, 7) is 6.37. The number of nitrogens with zero attached hydrogens (tertiary/aromatic N) is 2. The summed E-state index contributed by atoms with van der Waals surface area (Å²) in [5.41, 5.74) is 3.02. The SMILES string of the molecule is CCN(Cc1ccccc1)C(=O)Nc1ccccc1N1CCOCC1. The van der Waals surface area contributed by atoms with Crippen molar-refractivity contribution in [3.05, 3.63) is 60.2 Å². The Bertz CT molecular complexity index is 684. The number of rotatable bonds is 5. The lowest BCUT2D eigenvalue weighted by Gasteiger charge is -2.31. The van der Waals surface area contributed by atoms with Crippen LogP contribution in [0, 0.1) is 0 Å². The summed E-state index contributed by atoms with van der Waals surface area (Å²) in [6.07, 6.45) is 0. The number of anilines is 2. The second-order valence-electron chi connectivity index (χ2n) is 6.05. The maximum Gasteiger partial charge on any atom is 0.322 e. The highest BCUT2D eigenvalue weighted by Crippen LogP contribution is 2.26. The molecule has 3 rings (SSSR count). The Kier molecular flexibility index (Phi) is 5.90. The number of para-hydroxylation sites is 2. The number of urea groups is 1. The second-order valence-corrected chi connectivity index (χ2v) is 6.05. The standard InChI is InChI=1S/C20H25N3O2/c1-2-22(16-17-8-4-3-5-9-17)20(24)21-18-10-6-7-11-19(18)23-12-14-25-15-13-23/h3-11H,2,12-16H2,1H3,(H,21,24). The molecule has 5 heteroatoms. The molecule has 2 aromatic rings. The molecule has 1 saturated heterocycles. The van der Waals surface area contributed by atoms with E-state index in [1.165, 1.54) is 0 Å². The van der Waals surface area contributed by atoms with Crippen LogP contribution in [0.1, 0.15) is 12.5 Å². The van der Waals surface area contributed by atoms with Crippen LogP contribution in [-0.2, 0) is 11.3 Å². The molecule has 132 valence electrons. The smallest absolute Gasteiger partial charge is 0.322 e. The fourth-order valence-corrected chi connectivity index (χ4v) is 2.98. The van der Waals surface area contributed by atoms with Crippen molar-refractivity contribution < 1.29 is 9.53 Å². The zero-order valence-electron chi connectivity index (χ0n) is 14.6. The number of hydrogen-bond acceptors (Lipinski definition) is 3. The Hall–Kier alpha value is -2.53. The summed E-state index contributed by atoms with van der Waals surface area (Å²) in [5, 5.41) is 3.08. The monoisotopic (exact) mass is 339 g/mol. The lowest BCUT2D eigenvalue weighted by Crippen LogP contribution is -2.38. The summed E-state index contributed by atoms with van der Waals surface area (Å²) in [4.78, 5) is 16.8. The van der Waals surface area contributed by atoms with Gasteiger partial charge in [-0.15, -0.1) is 0 Å². The molecule has 0 spiro atoms. The minimum Gasteiger partial charge on any atom is -0.378 e. The van der Waals surface area contributed by atoms with Gasteiger partial charge in [-0.1, -0.05) is 42.5 Å². The van der Waals surface area contributed by atoms with Gasteiger partial charge < -0.3 is 19.9 Å². The van der Waals surface area contributed by atoms with Gasteiger partial charge in [-0.2, -0.15) is 0 Å². The molecular formula is C20H25N3O2. The van der Waals surface area contributed by atoms with Gasteiger partial charge in [0.25, 0.3) is 0 Å². The number of nitrogens with one attached hydrogen (secondary N) is 1. The van der Waals surface area contributed by atoms with E-state index < -0.39 is 0 Å². The third kappa shape index (κ3) is 4.51. The molecule has 5 nitrogen and oxygen atoms in total. The van der Waals surface area contributed by atoms with Gasteiger partial charge in [-0.3, -0.25) is 0 Å². The first kappa shape index (κ1) is 17.3. The van der Waals surface area contributed by atoms with E-state index in [2.05, 4.69) is 16.3 Å². The largest absolute Gasteiger partial charge is 0.378 e. The first-order valence-corrected chi connectivity index (χ1v) is 8.79. The number of hydrogen-bond donors (Lipinski definition) is 1. The molecule has 0 aliphatic carbocycles. The fraction of sp³-hybridized carbons (Fsp3) is 0.350. The van der Waals surface area contributed by atoms with Crippen molar-refractivity contribution in [2.45, 2.75) is 13.5 Å². The van der Waals surface area contributed by atoms with Crippen LogP contribution in [0.2, 0.25) is 0 Å². The molecule has 1 fully saturated rings. The maximum absolute atomic E-state index is 12.8. The summed E-state index contributed by atoms with van der Waals surface area (Å²) in [7, 11) is 0. The van der Waals surface area contributed by atoms with Crippen LogP contribution in [0.15, 0.2) is 54.6 Å². The molecule has 0 unspecified atom stereocenters. The molecule has 2 amide bonds. The molecule has 1 N–H and O–H groups in total. The number of morpholine rings is 1. The Morgan fingerprint density at radius 1 is 1.08 bits per heavy atom. The van der Waals surface area contributed by atoms with E-state index in [-0.39, 0.29) is 6.03 Å². The van der Waals surface area contributed by atoms with Crippen molar-refractivity contribution in [3.8, 4) is 0 Å². The molecular weight excluding hydrogens is 314 g/mol. The zero-order chi connectivity index (χ0) is 17.5. The molecule has 0 bridgehead atoms. The highest BCUT2D eigenvalue weighted by atomic mass is 16.5. The van der Waals surface area contributed by atoms with Crippen molar-refractivity contribution >= 4 is 17.4 Å². The Morgan fingerprint density at radius 3 is 2.48 bits per heavy atom. The Labute approximate surface area is 149 Å². The molecule has 25 heavy (non-hydrogen) atoms. The first-order valence-electron chi connectivity index (χ1n) is 8.79. The molecule has 0 atom stereocenters. The summed E-state index contributed by atoms with van der Waals surface area (Å²) < 4.78 is 5.43. The minimum absolute atomic E-state index is 0.0768. The highest BCUT2D eigenvalue weighted by molar-refractivity contribution is 5.93. The molecule has 1 heterocycles. The van der Waals surface area contributed by atoms with Crippen LogP contribution in [0.5, 0.6) is 0 Å². The number of ether oxygens (including phenoxy) is 1. The molecule has 0 radical (unpaired) electrons. The van der Waals surface area contributed by atoms with E-state index in [0.29, 0.717) is 13.1 Å². The molecule has 1 aliphatic heterocycles. The lowest BCUT2D eigenvalue weighted by molar-refractivity contribution is 0.123. The molecule has 1 aliphatic rings. The van der Waals surface area contributed by atoms with Crippen molar-refractivity contribution in [2.24, 2.45) is 0 Å². The Balaban J connectivity index is 1.71. The Morgan fingerprint density at radius 2 is 1.76 bits per heavy atom. The van der Waals surface area contributed by atoms with E-state index in [0.717, 1.165) is 43.2 Å². The van der Waals surface area contributed by atoms with Crippen LogP contribution >= 0.6 is 0 Å². The predicted molar refractivity (Wildman–Crippen MR) is 101 cm³/mol. The van der Waals surface area contributed by atoms with Crippen molar-refractivity contribution in [1.82, 2.24) is 4.90 Å². The third-order valence-electron chi connectivity index (χ3n) is 4.38. The summed E-state index contributed by atoms with van der Waals surface area (Å²) in [5.74, 6) is 0. The maximum atomic E-state index is 12.8. The average molecular weight is 339 g/mol. The quantitative estimate of drug-likeness (QED) is 0.906. The van der Waals surface area contributed by atoms with E-state index in [1.54, 1.807) is 0 Å². The van der Waals surface area contributed by atoms with Crippen LogP contribution in [0.25, 0.3) is 0 Å². The highest BCUT2D eigenvalue weighted by Gasteiger charge is 2.18. The van der Waals surface area contributed by atoms with Crippen LogP contribution in [0.3, 0.4) is 0 Å². The van der Waals surface area contributed by atoms with Crippen molar-refractivity contribution in [3.63, 3.8) is 0 Å². The number of carbonyl (C=O) groups excluding carboxylic acids is 1. The summed E-state index contributed by atoms with van der Waals surface area (Å²) >= 11 is 0. The van der Waals surface area contributed by atoms with Gasteiger partial charge in [-0.05, 0) is 24.6 Å². The van der Waals surface area contributed by atoms with E-state index in [9.17, 15) is 4.79 Å². The zero-order valence-corrected chi connectivity index (χ0v) is 14.6. The summed E-state index contributed by atoms with van der Waals surface area (Å²) in [6, 6.07) is 17.9. The molecule has 0 saturated carbocycles. The van der Waals surface area contributed by atoms with Crippen LogP contribution in [-0.4, -0.2) is 43.8 Å². The van der Waals surface area contributed by atoms with Crippen molar-refractivity contribution in [2.75, 3.05) is 43.1 Å². The minimum atomic E-state index is -0.0768. The van der Waals surface area contributed by atoms with E-state index >= 15 is 0 Å². The normalized spacial score (nSPS) is 14.2. The van der Waals surface area contributed by atoms with Gasteiger partial charge in [0, 0.05) is 26.2 Å². The number of benzene rings is 2. The fourth-order valence-electron chi connectivity index (χ4n) is 2.98. The topological polar surface area (TPSA) is 44.8 Å². The average Bonchev–Trinajstić information content (AvgIpc) is 2.68. The van der Waals surface area contributed by atoms with Crippen LogP contribution < -0.4 is 10.2 Å². The van der Waals surface area contributed by atoms with Gasteiger partial charge >= 0.3 is 6.03 Å². The van der Waals surface area contributed by atoms with Crippen molar-refractivity contribution in [1.29, 1.82) is 0 Å². The van der Waals surface area contributed by atoms with Gasteiger partial charge in [-0.25, -0.2) is 4.79 Å².